The highest BCUT2D eigenvalue weighted by Gasteiger charge is 2.32. The SMILES string of the molecule is O=C(O)[C@@H]1CCCC[C@H]1c1ccc(Cn2c(C3CC3)nc3ccccc32)cc1. The summed E-state index contributed by atoms with van der Waals surface area (Å²) in [5.74, 6) is 1.08. The molecular formula is C24H26N2O2. The van der Waals surface area contributed by atoms with Crippen LogP contribution in [-0.2, 0) is 11.3 Å². The van der Waals surface area contributed by atoms with E-state index in [0.717, 1.165) is 37.7 Å². The van der Waals surface area contributed by atoms with Gasteiger partial charge in [-0.25, -0.2) is 4.98 Å². The van der Waals surface area contributed by atoms with Crippen LogP contribution in [0.2, 0.25) is 0 Å². The lowest BCUT2D eigenvalue weighted by atomic mass is 9.75. The Bertz CT molecular complexity index is 1000. The normalized spacial score (nSPS) is 22.4. The minimum absolute atomic E-state index is 0.149. The summed E-state index contributed by atoms with van der Waals surface area (Å²) in [4.78, 5) is 16.5. The molecule has 3 aromatic rings. The lowest BCUT2D eigenvalue weighted by molar-refractivity contribution is -0.143. The van der Waals surface area contributed by atoms with Gasteiger partial charge in [0.2, 0.25) is 0 Å². The number of aliphatic carboxylic acids is 1. The van der Waals surface area contributed by atoms with E-state index in [1.807, 2.05) is 6.07 Å². The fourth-order valence-electron chi connectivity index (χ4n) is 4.79. The predicted octanol–water partition coefficient (Wildman–Crippen LogP) is 5.32. The summed E-state index contributed by atoms with van der Waals surface area (Å²) in [5.41, 5.74) is 4.70. The average molecular weight is 374 g/mol. The van der Waals surface area contributed by atoms with Gasteiger partial charge in [-0.15, -0.1) is 0 Å². The van der Waals surface area contributed by atoms with Crippen molar-refractivity contribution in [3.8, 4) is 0 Å². The minimum Gasteiger partial charge on any atom is -0.481 e. The van der Waals surface area contributed by atoms with Gasteiger partial charge in [-0.2, -0.15) is 0 Å². The van der Waals surface area contributed by atoms with E-state index < -0.39 is 5.97 Å². The average Bonchev–Trinajstić information content (AvgIpc) is 3.51. The van der Waals surface area contributed by atoms with Crippen molar-refractivity contribution in [3.05, 3.63) is 65.5 Å². The molecule has 2 saturated carbocycles. The van der Waals surface area contributed by atoms with Gasteiger partial charge in [0.25, 0.3) is 0 Å². The fourth-order valence-corrected chi connectivity index (χ4v) is 4.79. The monoisotopic (exact) mass is 374 g/mol. The maximum absolute atomic E-state index is 11.6. The van der Waals surface area contributed by atoms with Crippen molar-refractivity contribution < 1.29 is 9.90 Å². The van der Waals surface area contributed by atoms with Crippen molar-refractivity contribution in [2.24, 2.45) is 5.92 Å². The lowest BCUT2D eigenvalue weighted by Crippen LogP contribution is -2.25. The molecule has 0 aliphatic heterocycles. The summed E-state index contributed by atoms with van der Waals surface area (Å²) in [6, 6.07) is 17.0. The topological polar surface area (TPSA) is 55.1 Å². The summed E-state index contributed by atoms with van der Waals surface area (Å²) in [6.07, 6.45) is 6.41. The number of para-hydroxylation sites is 2. The summed E-state index contributed by atoms with van der Waals surface area (Å²) in [7, 11) is 0. The number of benzene rings is 2. The highest BCUT2D eigenvalue weighted by molar-refractivity contribution is 5.76. The third-order valence-electron chi connectivity index (χ3n) is 6.46. The number of hydrogen-bond donors (Lipinski definition) is 1. The molecule has 0 unspecified atom stereocenters. The smallest absolute Gasteiger partial charge is 0.307 e. The van der Waals surface area contributed by atoms with Crippen molar-refractivity contribution in [1.82, 2.24) is 9.55 Å². The predicted molar refractivity (Wildman–Crippen MR) is 110 cm³/mol. The number of fused-ring (bicyclic) bond motifs is 1. The molecule has 2 aromatic carbocycles. The molecule has 2 fully saturated rings. The van der Waals surface area contributed by atoms with Crippen molar-refractivity contribution in [2.75, 3.05) is 0 Å². The third-order valence-corrected chi connectivity index (χ3v) is 6.46. The number of rotatable bonds is 5. The van der Waals surface area contributed by atoms with E-state index in [9.17, 15) is 9.90 Å². The van der Waals surface area contributed by atoms with Gasteiger partial charge in [-0.1, -0.05) is 49.2 Å². The Morgan fingerprint density at radius 1 is 1.00 bits per heavy atom. The van der Waals surface area contributed by atoms with Gasteiger partial charge in [0.15, 0.2) is 0 Å². The Hall–Kier alpha value is -2.62. The van der Waals surface area contributed by atoms with Gasteiger partial charge in [0.1, 0.15) is 5.82 Å². The second-order valence-electron chi connectivity index (χ2n) is 8.40. The number of nitrogens with zero attached hydrogens (tertiary/aromatic N) is 2. The Morgan fingerprint density at radius 2 is 1.75 bits per heavy atom. The molecule has 0 saturated heterocycles. The largest absolute Gasteiger partial charge is 0.481 e. The van der Waals surface area contributed by atoms with Gasteiger partial charge >= 0.3 is 5.97 Å². The lowest BCUT2D eigenvalue weighted by Gasteiger charge is -2.29. The zero-order chi connectivity index (χ0) is 19.1. The number of carbonyl (C=O) groups is 1. The van der Waals surface area contributed by atoms with Gasteiger partial charge in [-0.3, -0.25) is 4.79 Å². The zero-order valence-electron chi connectivity index (χ0n) is 16.1. The van der Waals surface area contributed by atoms with E-state index >= 15 is 0 Å². The zero-order valence-corrected chi connectivity index (χ0v) is 16.1. The molecule has 5 rings (SSSR count). The molecular weight excluding hydrogens is 348 g/mol. The van der Waals surface area contributed by atoms with E-state index in [0.29, 0.717) is 5.92 Å². The first-order chi connectivity index (χ1) is 13.7. The second-order valence-corrected chi connectivity index (χ2v) is 8.40. The first-order valence-electron chi connectivity index (χ1n) is 10.5. The first kappa shape index (κ1) is 17.5. The Balaban J connectivity index is 1.42. The maximum Gasteiger partial charge on any atom is 0.307 e. The summed E-state index contributed by atoms with van der Waals surface area (Å²) in [6.45, 7) is 0.819. The van der Waals surface area contributed by atoms with Crippen LogP contribution in [0.3, 0.4) is 0 Å². The van der Waals surface area contributed by atoms with Gasteiger partial charge in [0, 0.05) is 12.5 Å². The number of carboxylic acid groups (broad SMARTS) is 1. The number of imidazole rings is 1. The van der Waals surface area contributed by atoms with Crippen LogP contribution < -0.4 is 0 Å². The highest BCUT2D eigenvalue weighted by atomic mass is 16.4. The molecule has 1 aromatic heterocycles. The van der Waals surface area contributed by atoms with Crippen LogP contribution in [0.15, 0.2) is 48.5 Å². The van der Waals surface area contributed by atoms with E-state index in [2.05, 4.69) is 47.0 Å². The first-order valence-corrected chi connectivity index (χ1v) is 10.5. The van der Waals surface area contributed by atoms with Crippen LogP contribution in [0, 0.1) is 5.92 Å². The van der Waals surface area contributed by atoms with Crippen molar-refractivity contribution in [1.29, 1.82) is 0 Å². The molecule has 2 aliphatic carbocycles. The molecule has 0 bridgehead atoms. The Kier molecular flexibility index (Phi) is 4.42. The summed E-state index contributed by atoms with van der Waals surface area (Å²) >= 11 is 0. The van der Waals surface area contributed by atoms with E-state index in [4.69, 9.17) is 4.98 Å². The molecule has 1 heterocycles. The van der Waals surface area contributed by atoms with E-state index in [-0.39, 0.29) is 11.8 Å². The third kappa shape index (κ3) is 3.21. The van der Waals surface area contributed by atoms with Gasteiger partial charge in [0.05, 0.1) is 17.0 Å². The molecule has 144 valence electrons. The molecule has 4 heteroatoms. The van der Waals surface area contributed by atoms with Crippen LogP contribution in [0.1, 0.15) is 67.3 Å². The number of carboxylic acids is 1. The number of hydrogen-bond acceptors (Lipinski definition) is 2. The van der Waals surface area contributed by atoms with E-state index in [1.165, 1.54) is 35.3 Å². The molecule has 2 atom stereocenters. The van der Waals surface area contributed by atoms with Crippen LogP contribution in [0.5, 0.6) is 0 Å². The maximum atomic E-state index is 11.6. The minimum atomic E-state index is -0.646. The van der Waals surface area contributed by atoms with Crippen LogP contribution in [-0.4, -0.2) is 20.6 Å². The standard InChI is InChI=1S/C24H26N2O2/c27-24(28)20-6-2-1-5-19(20)17-11-9-16(10-12-17)15-26-22-8-4-3-7-21(22)25-23(26)18-13-14-18/h3-4,7-12,18-20H,1-2,5-6,13-15H2,(H,27,28)/t19-,20+/m0/s1. The van der Waals surface area contributed by atoms with Crippen LogP contribution >= 0.6 is 0 Å². The Labute approximate surface area is 165 Å². The van der Waals surface area contributed by atoms with Gasteiger partial charge < -0.3 is 9.67 Å². The van der Waals surface area contributed by atoms with Crippen molar-refractivity contribution in [2.45, 2.75) is 56.9 Å². The molecule has 0 spiro atoms. The molecule has 4 nitrogen and oxygen atoms in total. The van der Waals surface area contributed by atoms with Crippen LogP contribution in [0.4, 0.5) is 0 Å². The van der Waals surface area contributed by atoms with Crippen LogP contribution in [0.25, 0.3) is 11.0 Å². The molecule has 28 heavy (non-hydrogen) atoms. The quantitative estimate of drug-likeness (QED) is 0.657. The molecule has 0 amide bonds. The summed E-state index contributed by atoms with van der Waals surface area (Å²) in [5, 5.41) is 9.57. The summed E-state index contributed by atoms with van der Waals surface area (Å²) < 4.78 is 2.36. The highest BCUT2D eigenvalue weighted by Crippen LogP contribution is 2.41. The van der Waals surface area contributed by atoms with E-state index in [1.54, 1.807) is 0 Å². The molecule has 0 radical (unpaired) electrons. The van der Waals surface area contributed by atoms with Crippen molar-refractivity contribution in [3.63, 3.8) is 0 Å². The fraction of sp³-hybridized carbons (Fsp3) is 0.417. The second kappa shape index (κ2) is 7.08. The Morgan fingerprint density at radius 3 is 2.50 bits per heavy atom. The van der Waals surface area contributed by atoms with Crippen molar-refractivity contribution >= 4 is 17.0 Å². The molecule has 1 N–H and O–H groups in total. The van der Waals surface area contributed by atoms with Gasteiger partial charge in [-0.05, 0) is 54.9 Å². The number of aromatic nitrogens is 2. The molecule has 2 aliphatic rings.